The lowest BCUT2D eigenvalue weighted by Crippen LogP contribution is -2.56. The number of carbonyl (C=O) groups is 2. The van der Waals surface area contributed by atoms with Gasteiger partial charge in [0.15, 0.2) is 0 Å². The summed E-state index contributed by atoms with van der Waals surface area (Å²) in [6.45, 7) is 3.70. The number of hydrogen-bond donors (Lipinski definition) is 2. The molecular formula is C13H23N3O4. The molecule has 3 unspecified atom stereocenters. The number of rotatable bonds is 2. The fraction of sp³-hybridized carbons (Fsp3) is 0.846. The number of amides is 3. The second-order valence-corrected chi connectivity index (χ2v) is 5.60. The van der Waals surface area contributed by atoms with E-state index < -0.39 is 6.03 Å². The van der Waals surface area contributed by atoms with Crippen LogP contribution in [0.3, 0.4) is 0 Å². The van der Waals surface area contributed by atoms with E-state index in [-0.39, 0.29) is 30.6 Å². The normalized spacial score (nSPS) is 31.2. The Morgan fingerprint density at radius 3 is 2.80 bits per heavy atom. The smallest absolute Gasteiger partial charge is 0.314 e. The van der Waals surface area contributed by atoms with Crippen molar-refractivity contribution in [2.45, 2.75) is 31.9 Å². The molecule has 3 atom stereocenters. The van der Waals surface area contributed by atoms with Gasteiger partial charge in [0.25, 0.3) is 0 Å². The first-order valence-electron chi connectivity index (χ1n) is 7.10. The largest absolute Gasteiger partial charge is 0.394 e. The van der Waals surface area contributed by atoms with Gasteiger partial charge in [0.05, 0.1) is 31.3 Å². The summed E-state index contributed by atoms with van der Waals surface area (Å²) in [6, 6.07) is -0.472. The zero-order valence-corrected chi connectivity index (χ0v) is 11.8. The summed E-state index contributed by atoms with van der Waals surface area (Å²) in [6.07, 6.45) is 1.25. The van der Waals surface area contributed by atoms with E-state index in [4.69, 9.17) is 15.6 Å². The summed E-state index contributed by atoms with van der Waals surface area (Å²) in [4.78, 5) is 27.1. The van der Waals surface area contributed by atoms with Crippen molar-refractivity contribution in [2.24, 2.45) is 11.7 Å². The lowest BCUT2D eigenvalue weighted by atomic mass is 9.95. The van der Waals surface area contributed by atoms with Crippen LogP contribution in [0, 0.1) is 5.92 Å². The van der Waals surface area contributed by atoms with Crippen LogP contribution in [0.5, 0.6) is 0 Å². The van der Waals surface area contributed by atoms with Gasteiger partial charge in [-0.05, 0) is 19.8 Å². The zero-order valence-electron chi connectivity index (χ0n) is 11.8. The number of morpholine rings is 1. The average Bonchev–Trinajstić information content (AvgIpc) is 2.47. The van der Waals surface area contributed by atoms with Crippen LogP contribution in [0.4, 0.5) is 4.79 Å². The molecule has 0 aromatic heterocycles. The quantitative estimate of drug-likeness (QED) is 0.707. The number of ether oxygens (including phenoxy) is 1. The minimum atomic E-state index is -0.467. The fourth-order valence-corrected chi connectivity index (χ4v) is 2.85. The topological polar surface area (TPSA) is 96.1 Å². The van der Waals surface area contributed by atoms with Gasteiger partial charge in [-0.3, -0.25) is 4.79 Å². The van der Waals surface area contributed by atoms with Gasteiger partial charge in [0.2, 0.25) is 5.91 Å². The van der Waals surface area contributed by atoms with Crippen molar-refractivity contribution >= 4 is 11.9 Å². The number of aliphatic hydroxyl groups excluding tert-OH is 1. The first-order chi connectivity index (χ1) is 9.52. The minimum Gasteiger partial charge on any atom is -0.394 e. The number of piperidine rings is 1. The third-order valence-electron chi connectivity index (χ3n) is 4.07. The Hall–Kier alpha value is -1.34. The Labute approximate surface area is 118 Å². The molecule has 2 fully saturated rings. The number of primary amides is 1. The summed E-state index contributed by atoms with van der Waals surface area (Å²) in [5.41, 5.74) is 5.29. The standard InChI is InChI=1S/C13H23N3O4/c1-9-8-20-11(7-17)6-16(9)12(18)10-3-2-4-15(5-10)13(14)19/h9-11,17H,2-8H2,1H3,(H2,14,19). The summed E-state index contributed by atoms with van der Waals surface area (Å²) in [5, 5.41) is 9.17. The van der Waals surface area contributed by atoms with Gasteiger partial charge in [0.1, 0.15) is 0 Å². The summed E-state index contributed by atoms with van der Waals surface area (Å²) >= 11 is 0. The van der Waals surface area contributed by atoms with E-state index in [1.807, 2.05) is 6.92 Å². The van der Waals surface area contributed by atoms with E-state index in [0.29, 0.717) is 26.2 Å². The van der Waals surface area contributed by atoms with Crippen LogP contribution < -0.4 is 5.73 Å². The number of aliphatic hydroxyl groups is 1. The molecule has 0 aromatic carbocycles. The molecule has 114 valence electrons. The van der Waals surface area contributed by atoms with Gasteiger partial charge < -0.3 is 25.4 Å². The van der Waals surface area contributed by atoms with Gasteiger partial charge >= 0.3 is 6.03 Å². The molecule has 7 nitrogen and oxygen atoms in total. The monoisotopic (exact) mass is 285 g/mol. The second kappa shape index (κ2) is 6.41. The van der Waals surface area contributed by atoms with E-state index in [1.165, 1.54) is 4.90 Å². The SMILES string of the molecule is CC1COC(CO)CN1C(=O)C1CCCN(C(N)=O)C1. The highest BCUT2D eigenvalue weighted by Crippen LogP contribution is 2.22. The molecule has 0 spiro atoms. The number of nitrogens with two attached hydrogens (primary N) is 1. The fourth-order valence-electron chi connectivity index (χ4n) is 2.85. The van der Waals surface area contributed by atoms with Gasteiger partial charge in [0, 0.05) is 19.6 Å². The highest BCUT2D eigenvalue weighted by molar-refractivity contribution is 5.81. The average molecular weight is 285 g/mol. The maximum atomic E-state index is 12.6. The van der Waals surface area contributed by atoms with Crippen LogP contribution in [-0.2, 0) is 9.53 Å². The molecule has 0 saturated carbocycles. The zero-order chi connectivity index (χ0) is 14.7. The first-order valence-corrected chi connectivity index (χ1v) is 7.10. The Kier molecular flexibility index (Phi) is 4.82. The van der Waals surface area contributed by atoms with Crippen molar-refractivity contribution < 1.29 is 19.4 Å². The Balaban J connectivity index is 2.00. The van der Waals surface area contributed by atoms with Crippen LogP contribution in [0.2, 0.25) is 0 Å². The molecule has 7 heteroatoms. The number of likely N-dealkylation sites (tertiary alicyclic amines) is 1. The van der Waals surface area contributed by atoms with Crippen LogP contribution in [0.15, 0.2) is 0 Å². The van der Waals surface area contributed by atoms with Crippen LogP contribution >= 0.6 is 0 Å². The van der Waals surface area contributed by atoms with Crippen molar-refractivity contribution in [1.29, 1.82) is 0 Å². The number of carbonyl (C=O) groups excluding carboxylic acids is 2. The van der Waals surface area contributed by atoms with Crippen molar-refractivity contribution in [3.63, 3.8) is 0 Å². The minimum absolute atomic E-state index is 0.00532. The van der Waals surface area contributed by atoms with Crippen LogP contribution in [-0.4, -0.2) is 71.8 Å². The number of nitrogens with zero attached hydrogens (tertiary/aromatic N) is 2. The number of hydrogen-bond acceptors (Lipinski definition) is 4. The molecule has 3 amide bonds. The predicted octanol–water partition coefficient (Wildman–Crippen LogP) is -0.615. The van der Waals surface area contributed by atoms with E-state index in [9.17, 15) is 9.59 Å². The van der Waals surface area contributed by atoms with Gasteiger partial charge in [-0.1, -0.05) is 0 Å². The highest BCUT2D eigenvalue weighted by Gasteiger charge is 2.35. The lowest BCUT2D eigenvalue weighted by molar-refractivity contribution is -0.151. The Bertz CT molecular complexity index is 377. The van der Waals surface area contributed by atoms with Crippen molar-refractivity contribution in [2.75, 3.05) is 32.8 Å². The van der Waals surface area contributed by atoms with Crippen LogP contribution in [0.1, 0.15) is 19.8 Å². The maximum absolute atomic E-state index is 12.6. The van der Waals surface area contributed by atoms with Crippen LogP contribution in [0.25, 0.3) is 0 Å². The third kappa shape index (κ3) is 3.21. The Morgan fingerprint density at radius 1 is 1.40 bits per heavy atom. The molecule has 2 heterocycles. The highest BCUT2D eigenvalue weighted by atomic mass is 16.5. The Morgan fingerprint density at radius 2 is 2.15 bits per heavy atom. The van der Waals surface area contributed by atoms with Gasteiger partial charge in [-0.25, -0.2) is 4.79 Å². The van der Waals surface area contributed by atoms with E-state index in [2.05, 4.69) is 0 Å². The third-order valence-corrected chi connectivity index (χ3v) is 4.07. The van der Waals surface area contributed by atoms with E-state index >= 15 is 0 Å². The van der Waals surface area contributed by atoms with E-state index in [1.54, 1.807) is 4.90 Å². The molecule has 3 N–H and O–H groups in total. The molecule has 0 aromatic rings. The molecule has 2 rings (SSSR count). The molecule has 0 radical (unpaired) electrons. The lowest BCUT2D eigenvalue weighted by Gasteiger charge is -2.41. The molecule has 2 saturated heterocycles. The summed E-state index contributed by atoms with van der Waals surface area (Å²) < 4.78 is 5.44. The molecule has 2 aliphatic heterocycles. The van der Waals surface area contributed by atoms with Gasteiger partial charge in [-0.15, -0.1) is 0 Å². The summed E-state index contributed by atoms with van der Waals surface area (Å²) in [7, 11) is 0. The van der Waals surface area contributed by atoms with Crippen molar-refractivity contribution in [1.82, 2.24) is 9.80 Å². The van der Waals surface area contributed by atoms with E-state index in [0.717, 1.165) is 12.8 Å². The predicted molar refractivity (Wildman–Crippen MR) is 71.9 cm³/mol. The maximum Gasteiger partial charge on any atom is 0.314 e. The molecule has 20 heavy (non-hydrogen) atoms. The molecule has 0 aliphatic carbocycles. The molecule has 0 bridgehead atoms. The van der Waals surface area contributed by atoms with Gasteiger partial charge in [-0.2, -0.15) is 0 Å². The van der Waals surface area contributed by atoms with Crippen molar-refractivity contribution in [3.8, 4) is 0 Å². The van der Waals surface area contributed by atoms with Crippen molar-refractivity contribution in [3.05, 3.63) is 0 Å². The second-order valence-electron chi connectivity index (χ2n) is 5.60. The molecule has 2 aliphatic rings. The number of urea groups is 1. The summed E-state index contributed by atoms with van der Waals surface area (Å²) in [5.74, 6) is -0.165. The first kappa shape index (κ1) is 15.1. The molecular weight excluding hydrogens is 262 g/mol.